The number of hydrogen-bond donors (Lipinski definition) is 3. The quantitative estimate of drug-likeness (QED) is 0.728. The van der Waals surface area contributed by atoms with Crippen LogP contribution in [0.1, 0.15) is 35.3 Å². The van der Waals surface area contributed by atoms with Gasteiger partial charge in [0, 0.05) is 25.3 Å². The number of nitrogens with one attached hydrogen (secondary N) is 2. The lowest BCUT2D eigenvalue weighted by Gasteiger charge is -2.26. The van der Waals surface area contributed by atoms with Gasteiger partial charge in [-0.2, -0.15) is 0 Å². The molecule has 8 nitrogen and oxygen atoms in total. The number of carbonyl (C=O) groups is 2. The van der Waals surface area contributed by atoms with Crippen LogP contribution in [0.5, 0.6) is 0 Å². The Hall–Kier alpha value is -2.87. The van der Waals surface area contributed by atoms with Gasteiger partial charge in [0.1, 0.15) is 0 Å². The highest BCUT2D eigenvalue weighted by Crippen LogP contribution is 2.20. The number of nitrogens with two attached hydrogens (primary N) is 1. The predicted molar refractivity (Wildman–Crippen MR) is 104 cm³/mol. The first-order chi connectivity index (χ1) is 13.0. The first kappa shape index (κ1) is 18.9. The van der Waals surface area contributed by atoms with Gasteiger partial charge in [-0.3, -0.25) is 4.79 Å². The molecule has 2 aromatic rings. The van der Waals surface area contributed by atoms with Gasteiger partial charge < -0.3 is 21.3 Å². The largest absolute Gasteiger partial charge is 0.351 e. The molecule has 0 saturated carbocycles. The van der Waals surface area contributed by atoms with Gasteiger partial charge in [-0.25, -0.2) is 14.8 Å². The molecule has 9 heteroatoms. The number of piperidine rings is 1. The van der Waals surface area contributed by atoms with E-state index in [1.54, 1.807) is 24.3 Å². The lowest BCUT2D eigenvalue weighted by atomic mass is 10.1. The van der Waals surface area contributed by atoms with Crippen LogP contribution in [-0.2, 0) is 6.54 Å². The highest BCUT2D eigenvalue weighted by atomic mass is 35.5. The van der Waals surface area contributed by atoms with Crippen LogP contribution in [0.2, 0.25) is 5.02 Å². The third kappa shape index (κ3) is 5.07. The highest BCUT2D eigenvalue weighted by Gasteiger charge is 2.18. The van der Waals surface area contributed by atoms with Crippen LogP contribution < -0.4 is 21.3 Å². The number of hydrogen-bond acceptors (Lipinski definition) is 5. The SMILES string of the molecule is NC(=O)Nc1ccc(CNC(=O)c2nc(N3CCCCC3)ncc2Cl)cc1. The number of carbonyl (C=O) groups excluding carboxylic acids is 2. The number of halogens is 1. The Balaban J connectivity index is 1.64. The molecule has 142 valence electrons. The Kier molecular flexibility index (Phi) is 6.08. The van der Waals surface area contributed by atoms with Crippen LogP contribution in [0, 0.1) is 0 Å². The molecule has 27 heavy (non-hydrogen) atoms. The zero-order valence-corrected chi connectivity index (χ0v) is 15.5. The molecule has 0 atom stereocenters. The molecule has 0 spiro atoms. The molecule has 1 aliphatic rings. The van der Waals surface area contributed by atoms with Gasteiger partial charge in [0.05, 0.1) is 11.2 Å². The van der Waals surface area contributed by atoms with E-state index in [1.807, 2.05) is 0 Å². The summed E-state index contributed by atoms with van der Waals surface area (Å²) in [5, 5.41) is 5.50. The van der Waals surface area contributed by atoms with Crippen LogP contribution in [0.3, 0.4) is 0 Å². The summed E-state index contributed by atoms with van der Waals surface area (Å²) in [7, 11) is 0. The van der Waals surface area contributed by atoms with E-state index in [2.05, 4.69) is 25.5 Å². The minimum atomic E-state index is -0.626. The minimum Gasteiger partial charge on any atom is -0.351 e. The van der Waals surface area contributed by atoms with Gasteiger partial charge >= 0.3 is 6.03 Å². The van der Waals surface area contributed by atoms with Crippen molar-refractivity contribution in [3.63, 3.8) is 0 Å². The number of rotatable bonds is 5. The lowest BCUT2D eigenvalue weighted by Crippen LogP contribution is -2.32. The molecular formula is C18H21ClN6O2. The van der Waals surface area contributed by atoms with Crippen LogP contribution >= 0.6 is 11.6 Å². The van der Waals surface area contributed by atoms with Crippen LogP contribution in [0.15, 0.2) is 30.5 Å². The predicted octanol–water partition coefficient (Wildman–Crippen LogP) is 2.54. The van der Waals surface area contributed by atoms with Crippen molar-refractivity contribution >= 4 is 35.2 Å². The number of amides is 3. The molecule has 1 saturated heterocycles. The average molecular weight is 389 g/mol. The number of urea groups is 1. The first-order valence-electron chi connectivity index (χ1n) is 8.74. The van der Waals surface area contributed by atoms with Crippen LogP contribution in [0.25, 0.3) is 0 Å². The zero-order valence-electron chi connectivity index (χ0n) is 14.7. The van der Waals surface area contributed by atoms with E-state index in [-0.39, 0.29) is 16.6 Å². The molecule has 1 aromatic carbocycles. The van der Waals surface area contributed by atoms with Crippen molar-refractivity contribution in [2.75, 3.05) is 23.3 Å². The van der Waals surface area contributed by atoms with Crippen molar-refractivity contribution in [1.29, 1.82) is 0 Å². The molecule has 0 radical (unpaired) electrons. The Morgan fingerprint density at radius 1 is 1.15 bits per heavy atom. The third-order valence-corrected chi connectivity index (χ3v) is 4.54. The summed E-state index contributed by atoms with van der Waals surface area (Å²) in [6, 6.07) is 6.36. The second-order valence-electron chi connectivity index (χ2n) is 6.28. The van der Waals surface area contributed by atoms with Crippen LogP contribution in [-0.4, -0.2) is 35.0 Å². The van der Waals surface area contributed by atoms with E-state index in [0.717, 1.165) is 31.5 Å². The maximum absolute atomic E-state index is 12.5. The number of aromatic nitrogens is 2. The second kappa shape index (κ2) is 8.68. The van der Waals surface area contributed by atoms with Gasteiger partial charge in [0.15, 0.2) is 5.69 Å². The maximum atomic E-state index is 12.5. The van der Waals surface area contributed by atoms with Gasteiger partial charge in [-0.15, -0.1) is 0 Å². The molecule has 0 bridgehead atoms. The van der Waals surface area contributed by atoms with Crippen molar-refractivity contribution in [2.24, 2.45) is 5.73 Å². The monoisotopic (exact) mass is 388 g/mol. The molecular weight excluding hydrogens is 368 g/mol. The smallest absolute Gasteiger partial charge is 0.316 e. The van der Waals surface area contributed by atoms with Gasteiger partial charge in [0.2, 0.25) is 5.95 Å². The third-order valence-electron chi connectivity index (χ3n) is 4.26. The summed E-state index contributed by atoms with van der Waals surface area (Å²) >= 11 is 6.12. The molecule has 1 aliphatic heterocycles. The van der Waals surface area contributed by atoms with E-state index in [9.17, 15) is 9.59 Å². The van der Waals surface area contributed by atoms with E-state index in [1.165, 1.54) is 12.6 Å². The number of anilines is 2. The van der Waals surface area contributed by atoms with E-state index in [4.69, 9.17) is 17.3 Å². The molecule has 1 fully saturated rings. The molecule has 0 aliphatic carbocycles. The van der Waals surface area contributed by atoms with Crippen LogP contribution in [0.4, 0.5) is 16.4 Å². The highest BCUT2D eigenvalue weighted by molar-refractivity contribution is 6.33. The minimum absolute atomic E-state index is 0.166. The van der Waals surface area contributed by atoms with E-state index >= 15 is 0 Å². The van der Waals surface area contributed by atoms with Crippen molar-refractivity contribution in [2.45, 2.75) is 25.8 Å². The fourth-order valence-corrected chi connectivity index (χ4v) is 3.05. The molecule has 3 rings (SSSR count). The topological polar surface area (TPSA) is 113 Å². The maximum Gasteiger partial charge on any atom is 0.316 e. The van der Waals surface area contributed by atoms with Crippen molar-refractivity contribution in [1.82, 2.24) is 15.3 Å². The molecule has 2 heterocycles. The van der Waals surface area contributed by atoms with Crippen molar-refractivity contribution < 1.29 is 9.59 Å². The summed E-state index contributed by atoms with van der Waals surface area (Å²) in [4.78, 5) is 34.0. The van der Waals surface area contributed by atoms with E-state index in [0.29, 0.717) is 18.2 Å². The van der Waals surface area contributed by atoms with Gasteiger partial charge in [-0.1, -0.05) is 23.7 Å². The van der Waals surface area contributed by atoms with Crippen molar-refractivity contribution in [3.05, 3.63) is 46.7 Å². The second-order valence-corrected chi connectivity index (χ2v) is 6.69. The molecule has 3 amide bonds. The summed E-state index contributed by atoms with van der Waals surface area (Å²) in [5.41, 5.74) is 6.68. The summed E-state index contributed by atoms with van der Waals surface area (Å²) in [6.45, 7) is 2.07. The van der Waals surface area contributed by atoms with Gasteiger partial charge in [-0.05, 0) is 37.0 Å². The Labute approximate surface area is 162 Å². The molecule has 0 unspecified atom stereocenters. The lowest BCUT2D eigenvalue weighted by molar-refractivity contribution is 0.0946. The number of primary amides is 1. The molecule has 1 aromatic heterocycles. The molecule has 4 N–H and O–H groups in total. The fraction of sp³-hybridized carbons (Fsp3) is 0.333. The number of benzene rings is 1. The van der Waals surface area contributed by atoms with Crippen molar-refractivity contribution in [3.8, 4) is 0 Å². The first-order valence-corrected chi connectivity index (χ1v) is 9.12. The normalized spacial score (nSPS) is 13.9. The summed E-state index contributed by atoms with van der Waals surface area (Å²) in [5.74, 6) is 0.172. The fourth-order valence-electron chi connectivity index (χ4n) is 2.88. The standard InChI is InChI=1S/C18H21ClN6O2/c19-14-11-22-18(25-8-2-1-3-9-25)24-15(14)16(26)21-10-12-4-6-13(7-5-12)23-17(20)27/h4-7,11H,1-3,8-10H2,(H,21,26)(H3,20,23,27). The Morgan fingerprint density at radius 2 is 1.85 bits per heavy atom. The number of nitrogens with zero attached hydrogens (tertiary/aromatic N) is 3. The van der Waals surface area contributed by atoms with E-state index < -0.39 is 6.03 Å². The Morgan fingerprint density at radius 3 is 2.52 bits per heavy atom. The Bertz CT molecular complexity index is 821. The zero-order chi connectivity index (χ0) is 19.2. The average Bonchev–Trinajstić information content (AvgIpc) is 2.68. The van der Waals surface area contributed by atoms with Gasteiger partial charge in [0.25, 0.3) is 5.91 Å². The summed E-state index contributed by atoms with van der Waals surface area (Å²) in [6.07, 6.45) is 4.85. The summed E-state index contributed by atoms with van der Waals surface area (Å²) < 4.78 is 0.